The lowest BCUT2D eigenvalue weighted by Gasteiger charge is -2.15. The molecular formula is C19H20N2O. The fourth-order valence-electron chi connectivity index (χ4n) is 3.25. The zero-order valence-corrected chi connectivity index (χ0v) is 12.8. The first-order valence-electron chi connectivity index (χ1n) is 7.94. The van der Waals surface area contributed by atoms with E-state index in [1.165, 1.54) is 16.6 Å². The van der Waals surface area contributed by atoms with Gasteiger partial charge in [0.05, 0.1) is 11.0 Å². The Kier molecular flexibility index (Phi) is 3.43. The summed E-state index contributed by atoms with van der Waals surface area (Å²) in [7, 11) is 0. The minimum Gasteiger partial charge on any atom is -0.370 e. The van der Waals surface area contributed by atoms with Gasteiger partial charge in [0.25, 0.3) is 0 Å². The van der Waals surface area contributed by atoms with Gasteiger partial charge in [0.2, 0.25) is 0 Å². The van der Waals surface area contributed by atoms with Gasteiger partial charge in [0.15, 0.2) is 0 Å². The molecule has 22 heavy (non-hydrogen) atoms. The third kappa shape index (κ3) is 2.32. The van der Waals surface area contributed by atoms with Crippen molar-refractivity contribution in [2.75, 3.05) is 6.61 Å². The van der Waals surface area contributed by atoms with Gasteiger partial charge >= 0.3 is 0 Å². The molecule has 1 fully saturated rings. The number of imidazole rings is 1. The number of hydrogen-bond acceptors (Lipinski definition) is 2. The summed E-state index contributed by atoms with van der Waals surface area (Å²) < 4.78 is 8.22. The lowest BCUT2D eigenvalue weighted by atomic mass is 10.1. The van der Waals surface area contributed by atoms with Crippen LogP contribution in [0.2, 0.25) is 0 Å². The summed E-state index contributed by atoms with van der Waals surface area (Å²) in [4.78, 5) is 4.86. The summed E-state index contributed by atoms with van der Waals surface area (Å²) in [6.07, 6.45) is 2.33. The van der Waals surface area contributed by atoms with Crippen molar-refractivity contribution in [3.63, 3.8) is 0 Å². The zero-order valence-electron chi connectivity index (χ0n) is 12.8. The van der Waals surface area contributed by atoms with Gasteiger partial charge in [-0.3, -0.25) is 0 Å². The molecule has 1 aliphatic rings. The van der Waals surface area contributed by atoms with Gasteiger partial charge in [0.1, 0.15) is 11.9 Å². The van der Waals surface area contributed by atoms with E-state index in [0.717, 1.165) is 37.3 Å². The maximum Gasteiger partial charge on any atom is 0.139 e. The summed E-state index contributed by atoms with van der Waals surface area (Å²) in [6, 6.07) is 16.9. The van der Waals surface area contributed by atoms with Gasteiger partial charge in [-0.15, -0.1) is 0 Å². The minimum atomic E-state index is 0.136. The van der Waals surface area contributed by atoms with Crippen molar-refractivity contribution < 1.29 is 4.74 Å². The van der Waals surface area contributed by atoms with Crippen LogP contribution in [0.3, 0.4) is 0 Å². The number of ether oxygens (including phenoxy) is 1. The molecule has 0 amide bonds. The number of benzene rings is 2. The molecule has 1 atom stereocenters. The van der Waals surface area contributed by atoms with E-state index < -0.39 is 0 Å². The Morgan fingerprint density at radius 3 is 2.77 bits per heavy atom. The van der Waals surface area contributed by atoms with Crippen LogP contribution in [0.5, 0.6) is 0 Å². The average Bonchev–Trinajstić information content (AvgIpc) is 3.17. The van der Waals surface area contributed by atoms with Gasteiger partial charge in [-0.05, 0) is 43.0 Å². The topological polar surface area (TPSA) is 27.1 Å². The molecule has 0 aliphatic carbocycles. The van der Waals surface area contributed by atoms with E-state index in [9.17, 15) is 0 Å². The van der Waals surface area contributed by atoms with Crippen LogP contribution < -0.4 is 0 Å². The lowest BCUT2D eigenvalue weighted by molar-refractivity contribution is 0.103. The fourth-order valence-corrected chi connectivity index (χ4v) is 3.25. The Bertz CT molecular complexity index is 800. The quantitative estimate of drug-likeness (QED) is 0.722. The van der Waals surface area contributed by atoms with Gasteiger partial charge in [-0.1, -0.05) is 36.4 Å². The first kappa shape index (κ1) is 13.5. The van der Waals surface area contributed by atoms with Crippen molar-refractivity contribution in [3.8, 4) is 0 Å². The van der Waals surface area contributed by atoms with E-state index >= 15 is 0 Å². The van der Waals surface area contributed by atoms with Crippen molar-refractivity contribution >= 4 is 11.0 Å². The molecule has 1 saturated heterocycles. The first-order valence-corrected chi connectivity index (χ1v) is 7.94. The average molecular weight is 292 g/mol. The molecule has 0 N–H and O–H groups in total. The second-order valence-corrected chi connectivity index (χ2v) is 5.97. The number of rotatable bonds is 3. The predicted octanol–water partition coefficient (Wildman–Crippen LogP) is 4.24. The molecule has 1 aliphatic heterocycles. The van der Waals surface area contributed by atoms with Crippen molar-refractivity contribution in [2.45, 2.75) is 32.4 Å². The van der Waals surface area contributed by atoms with Crippen molar-refractivity contribution in [1.82, 2.24) is 9.55 Å². The number of aryl methyl sites for hydroxylation is 1. The molecule has 0 unspecified atom stereocenters. The van der Waals surface area contributed by atoms with Gasteiger partial charge in [-0.2, -0.15) is 0 Å². The summed E-state index contributed by atoms with van der Waals surface area (Å²) >= 11 is 0. The molecule has 0 bridgehead atoms. The van der Waals surface area contributed by atoms with E-state index in [1.54, 1.807) is 0 Å². The number of hydrogen-bond donors (Lipinski definition) is 0. The third-order valence-electron chi connectivity index (χ3n) is 4.49. The smallest absolute Gasteiger partial charge is 0.139 e. The highest BCUT2D eigenvalue weighted by Gasteiger charge is 2.24. The molecule has 1 aromatic heterocycles. The normalized spacial score (nSPS) is 18.1. The molecule has 4 rings (SSSR count). The highest BCUT2D eigenvalue weighted by atomic mass is 16.5. The molecule has 3 aromatic rings. The number of aromatic nitrogens is 2. The molecule has 0 spiro atoms. The number of nitrogens with zero attached hydrogens (tertiary/aromatic N) is 2. The Morgan fingerprint density at radius 1 is 1.14 bits per heavy atom. The molecule has 112 valence electrons. The molecule has 3 heteroatoms. The predicted molar refractivity (Wildman–Crippen MR) is 87.9 cm³/mol. The van der Waals surface area contributed by atoms with Crippen molar-refractivity contribution in [1.29, 1.82) is 0 Å². The fraction of sp³-hybridized carbons (Fsp3) is 0.316. The molecule has 3 nitrogen and oxygen atoms in total. The van der Waals surface area contributed by atoms with E-state index in [2.05, 4.69) is 54.0 Å². The molecular weight excluding hydrogens is 272 g/mol. The van der Waals surface area contributed by atoms with Crippen LogP contribution in [-0.2, 0) is 11.3 Å². The summed E-state index contributed by atoms with van der Waals surface area (Å²) in [5.41, 5.74) is 4.90. The molecule has 2 heterocycles. The third-order valence-corrected chi connectivity index (χ3v) is 4.49. The first-order chi connectivity index (χ1) is 10.8. The van der Waals surface area contributed by atoms with Gasteiger partial charge in [-0.25, -0.2) is 4.98 Å². The maximum atomic E-state index is 5.89. The van der Waals surface area contributed by atoms with E-state index in [1.807, 2.05) is 6.07 Å². The van der Waals surface area contributed by atoms with Crippen LogP contribution in [0, 0.1) is 6.92 Å². The largest absolute Gasteiger partial charge is 0.370 e. The molecule has 0 radical (unpaired) electrons. The standard InChI is InChI=1S/C19H20N2O/c1-14-7-2-3-8-15(14)13-21-17-10-5-4-9-16(17)20-19(21)18-11-6-12-22-18/h2-5,7-10,18H,6,11-13H2,1H3/t18-/m1/s1. The maximum absolute atomic E-state index is 5.89. The van der Waals surface area contributed by atoms with Crippen LogP contribution in [0.25, 0.3) is 11.0 Å². The lowest BCUT2D eigenvalue weighted by Crippen LogP contribution is -2.10. The second kappa shape index (κ2) is 5.58. The Balaban J connectivity index is 1.83. The Labute approximate surface area is 130 Å². The highest BCUT2D eigenvalue weighted by Crippen LogP contribution is 2.31. The molecule has 0 saturated carbocycles. The summed E-state index contributed by atoms with van der Waals surface area (Å²) in [5, 5.41) is 0. The Morgan fingerprint density at radius 2 is 1.95 bits per heavy atom. The van der Waals surface area contributed by atoms with Crippen molar-refractivity contribution in [2.24, 2.45) is 0 Å². The van der Waals surface area contributed by atoms with Gasteiger partial charge in [0, 0.05) is 13.2 Å². The van der Waals surface area contributed by atoms with Crippen LogP contribution in [0.4, 0.5) is 0 Å². The summed E-state index contributed by atoms with van der Waals surface area (Å²) in [6.45, 7) is 3.86. The van der Waals surface area contributed by atoms with Crippen LogP contribution in [0.1, 0.15) is 35.9 Å². The summed E-state index contributed by atoms with van der Waals surface area (Å²) in [5.74, 6) is 1.07. The second-order valence-electron chi connectivity index (χ2n) is 5.97. The number of para-hydroxylation sites is 2. The van der Waals surface area contributed by atoms with Gasteiger partial charge < -0.3 is 9.30 Å². The monoisotopic (exact) mass is 292 g/mol. The Hall–Kier alpha value is -2.13. The van der Waals surface area contributed by atoms with E-state index in [-0.39, 0.29) is 6.10 Å². The highest BCUT2D eigenvalue weighted by molar-refractivity contribution is 5.76. The van der Waals surface area contributed by atoms with Crippen molar-refractivity contribution in [3.05, 3.63) is 65.5 Å². The number of fused-ring (bicyclic) bond motifs is 1. The van der Waals surface area contributed by atoms with E-state index in [4.69, 9.17) is 9.72 Å². The molecule has 2 aromatic carbocycles. The van der Waals surface area contributed by atoms with Crippen LogP contribution >= 0.6 is 0 Å². The zero-order chi connectivity index (χ0) is 14.9. The SMILES string of the molecule is Cc1ccccc1Cn1c([C@H]2CCCO2)nc2ccccc21. The van der Waals surface area contributed by atoms with E-state index in [0.29, 0.717) is 0 Å². The van der Waals surface area contributed by atoms with Crippen LogP contribution in [0.15, 0.2) is 48.5 Å². The van der Waals surface area contributed by atoms with Crippen LogP contribution in [-0.4, -0.2) is 16.2 Å². The minimum absolute atomic E-state index is 0.136.